The van der Waals surface area contributed by atoms with E-state index < -0.39 is 10.0 Å². The minimum atomic E-state index is -3.26. The zero-order chi connectivity index (χ0) is 16.8. The number of carbonyl (C=O) groups is 1. The van der Waals surface area contributed by atoms with Crippen LogP contribution < -0.4 is 0 Å². The normalized spacial score (nSPS) is 17.5. The van der Waals surface area contributed by atoms with Gasteiger partial charge >= 0.3 is 0 Å². The van der Waals surface area contributed by atoms with Gasteiger partial charge in [0.25, 0.3) is 0 Å². The molecule has 0 aromatic heterocycles. The van der Waals surface area contributed by atoms with Gasteiger partial charge in [0.1, 0.15) is 0 Å². The van der Waals surface area contributed by atoms with Crippen LogP contribution in [0.3, 0.4) is 0 Å². The third kappa shape index (κ3) is 7.04. The first-order chi connectivity index (χ1) is 10.2. The van der Waals surface area contributed by atoms with Crippen molar-refractivity contribution in [2.45, 2.75) is 12.8 Å². The maximum Gasteiger partial charge on any atom is 0.223 e. The molecule has 0 unspecified atom stereocenters. The van der Waals surface area contributed by atoms with Gasteiger partial charge in [-0.25, -0.2) is 12.7 Å². The Kier molecular flexibility index (Phi) is 7.75. The molecular weight excluding hydrogens is 304 g/mol. The Morgan fingerprint density at radius 2 is 1.64 bits per heavy atom. The molecule has 1 aliphatic heterocycles. The van der Waals surface area contributed by atoms with Gasteiger partial charge in [-0.15, -0.1) is 0 Å². The van der Waals surface area contributed by atoms with Gasteiger partial charge in [-0.05, 0) is 34.1 Å². The molecule has 1 saturated heterocycles. The number of rotatable bonds is 8. The van der Waals surface area contributed by atoms with Crippen LogP contribution in [0, 0.1) is 0 Å². The highest BCUT2D eigenvalue weighted by atomic mass is 32.2. The van der Waals surface area contributed by atoms with Crippen LogP contribution in [0.5, 0.6) is 0 Å². The molecule has 7 nitrogen and oxygen atoms in total. The van der Waals surface area contributed by atoms with Gasteiger partial charge in [0.2, 0.25) is 15.9 Å². The molecule has 0 bridgehead atoms. The second kappa shape index (κ2) is 8.81. The summed E-state index contributed by atoms with van der Waals surface area (Å²) in [5.74, 6) is 0.0503. The summed E-state index contributed by atoms with van der Waals surface area (Å²) < 4.78 is 25.1. The summed E-state index contributed by atoms with van der Waals surface area (Å²) in [5, 5.41) is 0. The highest BCUT2D eigenvalue weighted by molar-refractivity contribution is 7.88. The molecule has 0 aromatic carbocycles. The van der Waals surface area contributed by atoms with Crippen molar-refractivity contribution in [2.24, 2.45) is 0 Å². The van der Waals surface area contributed by atoms with Gasteiger partial charge in [-0.2, -0.15) is 0 Å². The van der Waals surface area contributed by atoms with Crippen LogP contribution in [0.4, 0.5) is 0 Å². The lowest BCUT2D eigenvalue weighted by atomic mass is 10.3. The van der Waals surface area contributed by atoms with E-state index in [9.17, 15) is 13.2 Å². The number of hydrogen-bond acceptors (Lipinski definition) is 5. The number of carbonyl (C=O) groups excluding carboxylic acids is 1. The van der Waals surface area contributed by atoms with Crippen molar-refractivity contribution in [1.29, 1.82) is 0 Å². The predicted octanol–water partition coefficient (Wildman–Crippen LogP) is -0.636. The number of likely N-dealkylation sites (N-methyl/N-ethyl adjacent to an activating group) is 1. The fourth-order valence-electron chi connectivity index (χ4n) is 2.44. The van der Waals surface area contributed by atoms with Crippen LogP contribution in [-0.4, -0.2) is 107 Å². The molecule has 1 heterocycles. The topological polar surface area (TPSA) is 64.2 Å². The predicted molar refractivity (Wildman–Crippen MR) is 88.3 cm³/mol. The summed E-state index contributed by atoms with van der Waals surface area (Å²) in [6.45, 7) is 4.79. The molecule has 22 heavy (non-hydrogen) atoms. The van der Waals surface area contributed by atoms with Crippen LogP contribution in [0.15, 0.2) is 0 Å². The minimum Gasteiger partial charge on any atom is -0.340 e. The Morgan fingerprint density at radius 1 is 1.05 bits per heavy atom. The summed E-state index contributed by atoms with van der Waals surface area (Å²) in [6, 6.07) is 0. The van der Waals surface area contributed by atoms with E-state index in [1.165, 1.54) is 10.6 Å². The van der Waals surface area contributed by atoms with Gasteiger partial charge in [0.15, 0.2) is 0 Å². The molecule has 0 aromatic rings. The minimum absolute atomic E-state index is 0.0503. The Bertz CT molecular complexity index is 445. The van der Waals surface area contributed by atoms with Gasteiger partial charge in [0.05, 0.1) is 6.26 Å². The smallest absolute Gasteiger partial charge is 0.223 e. The van der Waals surface area contributed by atoms with Crippen LogP contribution >= 0.6 is 0 Å². The molecule has 1 fully saturated rings. The van der Waals surface area contributed by atoms with Gasteiger partial charge in [-0.1, -0.05) is 0 Å². The summed E-state index contributed by atoms with van der Waals surface area (Å²) >= 11 is 0. The van der Waals surface area contributed by atoms with Crippen molar-refractivity contribution in [1.82, 2.24) is 19.0 Å². The molecule has 0 saturated carbocycles. The van der Waals surface area contributed by atoms with Gasteiger partial charge in [0, 0.05) is 45.7 Å². The van der Waals surface area contributed by atoms with Crippen LogP contribution in [0.1, 0.15) is 12.8 Å². The fraction of sp³-hybridized carbons (Fsp3) is 0.929. The lowest BCUT2D eigenvalue weighted by Crippen LogP contribution is -2.48. The first-order valence-electron chi connectivity index (χ1n) is 7.76. The standard InChI is InChI=1S/C14H30N4O3S/c1-15(2)7-5-8-18(22(4,20)21)9-6-14(19)17-12-10-16(3)11-13-17/h5-13H2,1-4H3. The highest BCUT2D eigenvalue weighted by Crippen LogP contribution is 2.06. The highest BCUT2D eigenvalue weighted by Gasteiger charge is 2.22. The Labute approximate surface area is 134 Å². The average Bonchev–Trinajstić information content (AvgIpc) is 2.41. The zero-order valence-electron chi connectivity index (χ0n) is 14.3. The number of piperazine rings is 1. The van der Waals surface area contributed by atoms with Crippen LogP contribution in [0.25, 0.3) is 0 Å². The average molecular weight is 334 g/mol. The lowest BCUT2D eigenvalue weighted by molar-refractivity contribution is -0.132. The van der Waals surface area contributed by atoms with Gasteiger partial charge < -0.3 is 14.7 Å². The zero-order valence-corrected chi connectivity index (χ0v) is 15.1. The summed E-state index contributed by atoms with van der Waals surface area (Å²) in [5.41, 5.74) is 0. The fourth-order valence-corrected chi connectivity index (χ4v) is 3.32. The van der Waals surface area contributed by atoms with E-state index in [0.29, 0.717) is 6.54 Å². The summed E-state index contributed by atoms with van der Waals surface area (Å²) in [4.78, 5) is 18.2. The number of sulfonamides is 1. The first-order valence-corrected chi connectivity index (χ1v) is 9.61. The Morgan fingerprint density at radius 3 is 2.14 bits per heavy atom. The molecule has 1 amide bonds. The van der Waals surface area contributed by atoms with Crippen molar-refractivity contribution >= 4 is 15.9 Å². The number of hydrogen-bond donors (Lipinski definition) is 0. The molecule has 0 atom stereocenters. The van der Waals surface area contributed by atoms with Crippen LogP contribution in [-0.2, 0) is 14.8 Å². The molecule has 130 valence electrons. The quantitative estimate of drug-likeness (QED) is 0.591. The van der Waals surface area contributed by atoms with Crippen LogP contribution in [0.2, 0.25) is 0 Å². The molecule has 0 radical (unpaired) electrons. The molecular formula is C14H30N4O3S. The van der Waals surface area contributed by atoms with Crippen molar-refractivity contribution in [2.75, 3.05) is 73.2 Å². The largest absolute Gasteiger partial charge is 0.340 e. The van der Waals surface area contributed by atoms with Crippen molar-refractivity contribution in [3.05, 3.63) is 0 Å². The van der Waals surface area contributed by atoms with E-state index in [1.807, 2.05) is 30.9 Å². The van der Waals surface area contributed by atoms with E-state index in [-0.39, 0.29) is 18.9 Å². The van der Waals surface area contributed by atoms with Gasteiger partial charge in [-0.3, -0.25) is 4.79 Å². The van der Waals surface area contributed by atoms with Crippen molar-refractivity contribution in [3.8, 4) is 0 Å². The maximum absolute atomic E-state index is 12.2. The second-order valence-electron chi connectivity index (χ2n) is 6.25. The molecule has 1 rings (SSSR count). The number of nitrogens with zero attached hydrogens (tertiary/aromatic N) is 4. The third-order valence-electron chi connectivity index (χ3n) is 3.91. The van der Waals surface area contributed by atoms with E-state index in [0.717, 1.165) is 39.1 Å². The molecule has 1 aliphatic rings. The third-order valence-corrected chi connectivity index (χ3v) is 5.22. The lowest BCUT2D eigenvalue weighted by Gasteiger charge is -2.33. The summed E-state index contributed by atoms with van der Waals surface area (Å²) in [6.07, 6.45) is 2.24. The van der Waals surface area contributed by atoms with Crippen molar-refractivity contribution < 1.29 is 13.2 Å². The molecule has 0 aliphatic carbocycles. The maximum atomic E-state index is 12.2. The Hall–Kier alpha value is -0.700. The number of amides is 1. The Balaban J connectivity index is 2.44. The second-order valence-corrected chi connectivity index (χ2v) is 8.24. The van der Waals surface area contributed by atoms with E-state index in [4.69, 9.17) is 0 Å². The molecule has 8 heteroatoms. The van der Waals surface area contributed by atoms with E-state index in [1.54, 1.807) is 0 Å². The first kappa shape index (κ1) is 19.3. The van der Waals surface area contributed by atoms with Crippen molar-refractivity contribution in [3.63, 3.8) is 0 Å². The summed E-state index contributed by atoms with van der Waals surface area (Å²) in [7, 11) is 2.70. The monoisotopic (exact) mass is 334 g/mol. The molecule has 0 N–H and O–H groups in total. The molecule has 0 spiro atoms. The van der Waals surface area contributed by atoms with E-state index >= 15 is 0 Å². The SMILES string of the molecule is CN(C)CCCN(CCC(=O)N1CCN(C)CC1)S(C)(=O)=O. The van der Waals surface area contributed by atoms with E-state index in [2.05, 4.69) is 4.90 Å².